The Bertz CT molecular complexity index is 72.0. The van der Waals surface area contributed by atoms with Gasteiger partial charge in [0.1, 0.15) is 0 Å². The van der Waals surface area contributed by atoms with Gasteiger partial charge in [0.2, 0.25) is 5.99 Å². The van der Waals surface area contributed by atoms with Gasteiger partial charge in [0.25, 0.3) is 0 Å². The summed E-state index contributed by atoms with van der Waals surface area (Å²) in [5.74, 6) is 2.30. The third-order valence-electron chi connectivity index (χ3n) is 2.01. The fourth-order valence-electron chi connectivity index (χ4n) is 1.13. The fraction of sp³-hybridized carbons (Fsp3) is 1.00. The van der Waals surface area contributed by atoms with Gasteiger partial charge in [-0.15, -0.1) is 0 Å². The topological polar surface area (TPSA) is 0 Å². The highest BCUT2D eigenvalue weighted by Gasteiger charge is 2.07. The van der Waals surface area contributed by atoms with Crippen molar-refractivity contribution in [1.82, 2.24) is 0 Å². The molecular weight excluding hydrogens is 151 g/mol. The zero-order chi connectivity index (χ0) is 8.53. The van der Waals surface area contributed by atoms with Crippen LogP contribution in [-0.4, -0.2) is 11.7 Å². The van der Waals surface area contributed by atoms with E-state index in [4.69, 9.17) is 0 Å². The van der Waals surface area contributed by atoms with Crippen LogP contribution in [0, 0.1) is 0 Å². The predicted octanol–water partition coefficient (Wildman–Crippen LogP) is 3.94. The number of hydrogen-bond donors (Lipinski definition) is 0. The Hall–Kier alpha value is 0.415. The molecule has 0 saturated carbocycles. The molecule has 0 spiro atoms. The molecule has 0 aliphatic carbocycles. The van der Waals surface area contributed by atoms with Gasteiger partial charge in [-0.05, 0) is 12.2 Å². The summed E-state index contributed by atoms with van der Waals surface area (Å²) in [7, 11) is 0. The summed E-state index contributed by atoms with van der Waals surface area (Å²) < 4.78 is 0. The maximum Gasteiger partial charge on any atom is 0.208 e. The quantitative estimate of drug-likeness (QED) is 0.414. The van der Waals surface area contributed by atoms with Crippen LogP contribution in [0.2, 0.25) is 12.6 Å². The van der Waals surface area contributed by atoms with Crippen molar-refractivity contribution in [2.75, 3.05) is 5.75 Å². The van der Waals surface area contributed by atoms with E-state index in [1.807, 2.05) is 0 Å². The normalized spacial score (nSPS) is 10.1. The summed E-state index contributed by atoms with van der Waals surface area (Å²) in [5, 5.41) is 0. The van der Waals surface area contributed by atoms with Crippen LogP contribution >= 0.6 is 11.6 Å². The summed E-state index contributed by atoms with van der Waals surface area (Å²) in [6.07, 6.45) is 6.86. The molecule has 0 aliphatic heterocycles. The zero-order valence-corrected chi connectivity index (χ0v) is 9.04. The summed E-state index contributed by atoms with van der Waals surface area (Å²) in [6, 6.07) is 0. The third-order valence-corrected chi connectivity index (χ3v) is 3.67. The van der Waals surface area contributed by atoms with E-state index < -0.39 is 0 Å². The molecule has 0 aromatic rings. The molecule has 0 aliphatic rings. The molecule has 0 heterocycles. The van der Waals surface area contributed by atoms with E-state index in [2.05, 4.69) is 32.4 Å². The lowest BCUT2D eigenvalue weighted by Crippen LogP contribution is -2.04. The molecule has 0 saturated heterocycles. The van der Waals surface area contributed by atoms with Gasteiger partial charge >= 0.3 is 0 Å². The van der Waals surface area contributed by atoms with E-state index in [0.29, 0.717) is 0 Å². The molecule has 0 radical (unpaired) electrons. The molecule has 0 bridgehead atoms. The Morgan fingerprint density at radius 2 is 1.64 bits per heavy atom. The Balaban J connectivity index is 3.07. The first-order valence-corrected chi connectivity index (χ1v) is 6.01. The van der Waals surface area contributed by atoms with E-state index >= 15 is 0 Å². The SMILES string of the molecule is CCCCCSB(CC)CC. The lowest BCUT2D eigenvalue weighted by molar-refractivity contribution is 0.779. The van der Waals surface area contributed by atoms with Crippen molar-refractivity contribution in [3.8, 4) is 0 Å². The van der Waals surface area contributed by atoms with Gasteiger partial charge in [-0.2, -0.15) is 0 Å². The standard InChI is InChI=1S/C9H21BS/c1-4-7-8-9-11-10(5-2)6-3/h4-9H2,1-3H3. The fourth-order valence-corrected chi connectivity index (χ4v) is 2.30. The minimum atomic E-state index is 0.923. The van der Waals surface area contributed by atoms with Gasteiger partial charge in [-0.1, -0.05) is 46.3 Å². The molecule has 0 fully saturated rings. The van der Waals surface area contributed by atoms with Gasteiger partial charge in [0.15, 0.2) is 0 Å². The first-order chi connectivity index (χ1) is 5.35. The molecule has 2 heteroatoms. The number of unbranched alkanes of at least 4 members (excludes halogenated alkanes) is 2. The second-order valence-electron chi connectivity index (χ2n) is 3.02. The van der Waals surface area contributed by atoms with Crippen molar-refractivity contribution in [3.05, 3.63) is 0 Å². The van der Waals surface area contributed by atoms with Crippen LogP contribution in [0.25, 0.3) is 0 Å². The summed E-state index contributed by atoms with van der Waals surface area (Å²) >= 11 is 2.16. The highest BCUT2D eigenvalue weighted by Crippen LogP contribution is 2.16. The maximum atomic E-state index is 2.29. The molecule has 0 aromatic heterocycles. The van der Waals surface area contributed by atoms with Crippen LogP contribution < -0.4 is 0 Å². The van der Waals surface area contributed by atoms with Gasteiger partial charge < -0.3 is 0 Å². The minimum absolute atomic E-state index is 0.923. The van der Waals surface area contributed by atoms with E-state index in [1.165, 1.54) is 37.7 Å². The van der Waals surface area contributed by atoms with Crippen molar-refractivity contribution in [3.63, 3.8) is 0 Å². The van der Waals surface area contributed by atoms with Crippen LogP contribution in [0.5, 0.6) is 0 Å². The second-order valence-corrected chi connectivity index (χ2v) is 4.42. The molecule has 66 valence electrons. The molecule has 0 aromatic carbocycles. The molecule has 0 N–H and O–H groups in total. The van der Waals surface area contributed by atoms with E-state index in [0.717, 1.165) is 5.99 Å². The smallest absolute Gasteiger partial charge is 0.208 e. The van der Waals surface area contributed by atoms with Crippen LogP contribution in [0.15, 0.2) is 0 Å². The highest BCUT2D eigenvalue weighted by molar-refractivity contribution is 8.25. The third kappa shape index (κ3) is 6.80. The van der Waals surface area contributed by atoms with Gasteiger partial charge in [0.05, 0.1) is 0 Å². The van der Waals surface area contributed by atoms with Crippen molar-refractivity contribution in [2.45, 2.75) is 52.7 Å². The number of hydrogen-bond acceptors (Lipinski definition) is 1. The van der Waals surface area contributed by atoms with Gasteiger partial charge in [-0.25, -0.2) is 11.6 Å². The van der Waals surface area contributed by atoms with Crippen LogP contribution in [0.1, 0.15) is 40.0 Å². The Morgan fingerprint density at radius 1 is 1.00 bits per heavy atom. The van der Waals surface area contributed by atoms with Crippen molar-refractivity contribution in [2.24, 2.45) is 0 Å². The first kappa shape index (κ1) is 11.4. The van der Waals surface area contributed by atoms with E-state index in [1.54, 1.807) is 0 Å². The average molecular weight is 172 g/mol. The van der Waals surface area contributed by atoms with Crippen LogP contribution in [0.4, 0.5) is 0 Å². The molecule has 0 rings (SSSR count). The lowest BCUT2D eigenvalue weighted by atomic mass is 9.70. The summed E-state index contributed by atoms with van der Waals surface area (Å²) in [6.45, 7) is 6.85. The monoisotopic (exact) mass is 172 g/mol. The zero-order valence-electron chi connectivity index (χ0n) is 8.23. The molecule has 0 amide bonds. The molecular formula is C9H21BS. The Labute approximate surface area is 76.5 Å². The first-order valence-electron chi connectivity index (χ1n) is 4.96. The van der Waals surface area contributed by atoms with Crippen molar-refractivity contribution < 1.29 is 0 Å². The molecule has 0 nitrogen and oxygen atoms in total. The van der Waals surface area contributed by atoms with Crippen molar-refractivity contribution in [1.29, 1.82) is 0 Å². The van der Waals surface area contributed by atoms with Gasteiger partial charge in [0, 0.05) is 0 Å². The highest BCUT2D eigenvalue weighted by atomic mass is 32.2. The Kier molecular flexibility index (Phi) is 8.83. The molecule has 0 unspecified atom stereocenters. The van der Waals surface area contributed by atoms with Crippen LogP contribution in [0.3, 0.4) is 0 Å². The molecule has 11 heavy (non-hydrogen) atoms. The lowest BCUT2D eigenvalue weighted by Gasteiger charge is -2.06. The summed E-state index contributed by atoms with van der Waals surface area (Å²) in [5.41, 5.74) is 0. The second kappa shape index (κ2) is 8.51. The largest absolute Gasteiger partial charge is 0.210 e. The van der Waals surface area contributed by atoms with E-state index in [9.17, 15) is 0 Å². The maximum absolute atomic E-state index is 2.29. The van der Waals surface area contributed by atoms with Crippen molar-refractivity contribution >= 4 is 17.6 Å². The van der Waals surface area contributed by atoms with Crippen LogP contribution in [-0.2, 0) is 0 Å². The molecule has 0 atom stereocenters. The number of rotatable bonds is 7. The van der Waals surface area contributed by atoms with E-state index in [-0.39, 0.29) is 0 Å². The average Bonchev–Trinajstić information content (AvgIpc) is 2.05. The summed E-state index contributed by atoms with van der Waals surface area (Å²) in [4.78, 5) is 0. The predicted molar refractivity (Wildman–Crippen MR) is 58.7 cm³/mol. The Morgan fingerprint density at radius 3 is 2.09 bits per heavy atom. The minimum Gasteiger partial charge on any atom is -0.210 e. The van der Waals surface area contributed by atoms with Gasteiger partial charge in [-0.3, -0.25) is 0 Å².